The molecule has 2 aromatic heterocycles. The quantitative estimate of drug-likeness (QED) is 0.302. The van der Waals surface area contributed by atoms with E-state index in [0.717, 1.165) is 22.3 Å². The van der Waals surface area contributed by atoms with E-state index < -0.39 is 17.8 Å². The van der Waals surface area contributed by atoms with Gasteiger partial charge in [-0.25, -0.2) is 23.5 Å². The molecule has 0 spiro atoms. The zero-order valence-corrected chi connectivity index (χ0v) is 21.7. The summed E-state index contributed by atoms with van der Waals surface area (Å²) < 4.78 is 31.8. The van der Waals surface area contributed by atoms with Gasteiger partial charge in [0, 0.05) is 61.1 Å². The molecule has 6 rings (SSSR count). The number of anilines is 2. The summed E-state index contributed by atoms with van der Waals surface area (Å²) in [7, 11) is 0. The second kappa shape index (κ2) is 10.1. The summed E-state index contributed by atoms with van der Waals surface area (Å²) in [5.74, 6) is -3.45. The molecule has 0 atom stereocenters. The number of amides is 1. The molecule has 4 aromatic rings. The lowest BCUT2D eigenvalue weighted by Gasteiger charge is -2.36. The fourth-order valence-corrected chi connectivity index (χ4v) is 5.05. The van der Waals surface area contributed by atoms with Gasteiger partial charge in [-0.1, -0.05) is 24.3 Å². The van der Waals surface area contributed by atoms with Crippen molar-refractivity contribution in [2.24, 2.45) is 5.92 Å². The van der Waals surface area contributed by atoms with Crippen molar-refractivity contribution in [1.82, 2.24) is 25.1 Å². The van der Waals surface area contributed by atoms with Crippen molar-refractivity contribution in [3.63, 3.8) is 0 Å². The Morgan fingerprint density at radius 3 is 2.50 bits per heavy atom. The minimum Gasteiger partial charge on any atom is -0.462 e. The summed E-state index contributed by atoms with van der Waals surface area (Å²) in [4.78, 5) is 36.1. The van der Waals surface area contributed by atoms with Crippen LogP contribution in [0.5, 0.6) is 0 Å². The van der Waals surface area contributed by atoms with Crippen LogP contribution in [0.3, 0.4) is 0 Å². The molecule has 1 fully saturated rings. The van der Waals surface area contributed by atoms with Gasteiger partial charge in [0.05, 0.1) is 12.8 Å². The molecule has 0 radical (unpaired) electrons. The first-order chi connectivity index (χ1) is 19.3. The van der Waals surface area contributed by atoms with E-state index in [0.29, 0.717) is 36.0 Å². The number of carbonyl (C=O) groups excluding carboxylic acids is 2. The number of fused-ring (bicyclic) bond motifs is 1. The number of H-pyrrole nitrogens is 1. The number of nitrogens with zero attached hydrogens (tertiary/aromatic N) is 4. The number of hydrogen-bond donors (Lipinski definition) is 2. The van der Waals surface area contributed by atoms with Crippen molar-refractivity contribution in [1.29, 1.82) is 0 Å². The molecule has 40 heavy (non-hydrogen) atoms. The summed E-state index contributed by atoms with van der Waals surface area (Å²) >= 11 is 0. The lowest BCUT2D eigenvalue weighted by Crippen LogP contribution is -2.45. The zero-order valence-electron chi connectivity index (χ0n) is 21.7. The van der Waals surface area contributed by atoms with E-state index in [1.807, 2.05) is 42.5 Å². The van der Waals surface area contributed by atoms with Gasteiger partial charge in [-0.2, -0.15) is 5.10 Å². The summed E-state index contributed by atoms with van der Waals surface area (Å²) in [5, 5.41) is 9.98. The van der Waals surface area contributed by atoms with Crippen LogP contribution < -0.4 is 5.32 Å². The average molecular weight is 545 g/mol. The highest BCUT2D eigenvalue weighted by molar-refractivity contribution is 5.95. The summed E-state index contributed by atoms with van der Waals surface area (Å²) in [5.41, 5.74) is 5.42. The highest BCUT2D eigenvalue weighted by Gasteiger charge is 2.50. The number of halogens is 2. The van der Waals surface area contributed by atoms with Crippen LogP contribution in [0.2, 0.25) is 0 Å². The topological polar surface area (TPSA) is 113 Å². The van der Waals surface area contributed by atoms with E-state index in [2.05, 4.69) is 25.5 Å². The molecular formula is C29H26F2N6O3. The SMILES string of the molecule is CCOC(=O)c1cnc(-c2ccc3c(c2)CN(C(=O)C2CC(F)(F)C2)C3)nc1Nc1ccc(-c2cn[nH]c2)cc1. The Morgan fingerprint density at radius 1 is 1.05 bits per heavy atom. The van der Waals surface area contributed by atoms with Gasteiger partial charge in [0.1, 0.15) is 11.4 Å². The number of esters is 1. The van der Waals surface area contributed by atoms with Crippen LogP contribution in [0, 0.1) is 5.92 Å². The molecule has 11 heteroatoms. The molecule has 2 N–H and O–H groups in total. The number of alkyl halides is 2. The van der Waals surface area contributed by atoms with Gasteiger partial charge in [-0.15, -0.1) is 0 Å². The molecule has 9 nitrogen and oxygen atoms in total. The van der Waals surface area contributed by atoms with Crippen molar-refractivity contribution in [2.45, 2.75) is 38.8 Å². The molecule has 3 heterocycles. The van der Waals surface area contributed by atoms with Gasteiger partial charge in [-0.05, 0) is 41.8 Å². The number of aromatic nitrogens is 4. The lowest BCUT2D eigenvalue weighted by molar-refractivity contribution is -0.160. The van der Waals surface area contributed by atoms with Crippen LogP contribution >= 0.6 is 0 Å². The van der Waals surface area contributed by atoms with Gasteiger partial charge >= 0.3 is 5.97 Å². The first kappa shape index (κ1) is 25.6. The third-order valence-electron chi connectivity index (χ3n) is 7.20. The molecule has 1 aliphatic carbocycles. The molecule has 0 saturated heterocycles. The van der Waals surface area contributed by atoms with Crippen LogP contribution in [0.4, 0.5) is 20.3 Å². The highest BCUT2D eigenvalue weighted by atomic mass is 19.3. The molecule has 204 valence electrons. The van der Waals surface area contributed by atoms with Crippen LogP contribution in [0.25, 0.3) is 22.5 Å². The van der Waals surface area contributed by atoms with E-state index in [9.17, 15) is 18.4 Å². The van der Waals surface area contributed by atoms with Crippen LogP contribution in [0.15, 0.2) is 61.1 Å². The number of nitrogens with one attached hydrogen (secondary N) is 2. The Bertz CT molecular complexity index is 1570. The fourth-order valence-electron chi connectivity index (χ4n) is 5.05. The molecule has 1 amide bonds. The second-order valence-electron chi connectivity index (χ2n) is 10.0. The van der Waals surface area contributed by atoms with Gasteiger partial charge in [0.15, 0.2) is 5.82 Å². The normalized spacial score (nSPS) is 15.8. The smallest absolute Gasteiger partial charge is 0.343 e. The molecular weight excluding hydrogens is 518 g/mol. The molecule has 2 aliphatic rings. The first-order valence-electron chi connectivity index (χ1n) is 13.0. The molecule has 1 saturated carbocycles. The van der Waals surface area contributed by atoms with Crippen molar-refractivity contribution in [3.05, 3.63) is 77.7 Å². The predicted octanol–water partition coefficient (Wildman–Crippen LogP) is 5.34. The Balaban J connectivity index is 1.24. The number of benzene rings is 2. The largest absolute Gasteiger partial charge is 0.462 e. The Kier molecular flexibility index (Phi) is 6.49. The number of ether oxygens (including phenoxy) is 1. The van der Waals surface area contributed by atoms with Crippen LogP contribution in [-0.2, 0) is 22.6 Å². The molecule has 1 aliphatic heterocycles. The van der Waals surface area contributed by atoms with Crippen LogP contribution in [0.1, 0.15) is 41.3 Å². The Morgan fingerprint density at radius 2 is 1.80 bits per heavy atom. The van der Waals surface area contributed by atoms with E-state index in [-0.39, 0.29) is 30.9 Å². The zero-order chi connectivity index (χ0) is 27.9. The molecule has 0 unspecified atom stereocenters. The van der Waals surface area contributed by atoms with Gasteiger partial charge in [-0.3, -0.25) is 9.89 Å². The van der Waals surface area contributed by atoms with E-state index in [1.165, 1.54) is 6.20 Å². The number of hydrogen-bond acceptors (Lipinski definition) is 7. The maximum atomic E-state index is 13.3. The number of aromatic amines is 1. The van der Waals surface area contributed by atoms with E-state index >= 15 is 0 Å². The lowest BCUT2D eigenvalue weighted by atomic mass is 9.80. The number of carbonyl (C=O) groups is 2. The third-order valence-corrected chi connectivity index (χ3v) is 7.20. The standard InChI is InChI=1S/C29H26F2N6O3/c1-2-40-28(39)24-14-32-25(36-26(24)35-23-7-5-17(6-8-23)22-12-33-34-13-22)18-3-4-19-15-37(16-20(19)9-18)27(38)21-10-29(30,31)11-21/h3-9,12-14,21H,2,10-11,15-16H2,1H3,(H,33,34)(H,32,35,36). The molecule has 0 bridgehead atoms. The monoisotopic (exact) mass is 544 g/mol. The summed E-state index contributed by atoms with van der Waals surface area (Å²) in [6.45, 7) is 2.67. The third kappa shape index (κ3) is 5.02. The Hall–Kier alpha value is -4.67. The van der Waals surface area contributed by atoms with Crippen molar-refractivity contribution < 1.29 is 23.1 Å². The summed E-state index contributed by atoms with van der Waals surface area (Å²) in [6, 6.07) is 13.3. The summed E-state index contributed by atoms with van der Waals surface area (Å²) in [6.07, 6.45) is 4.20. The number of rotatable bonds is 7. The van der Waals surface area contributed by atoms with Gasteiger partial charge in [0.2, 0.25) is 11.8 Å². The van der Waals surface area contributed by atoms with Gasteiger partial charge < -0.3 is 15.0 Å². The predicted molar refractivity (Wildman–Crippen MR) is 143 cm³/mol. The maximum Gasteiger partial charge on any atom is 0.343 e. The van der Waals surface area contributed by atoms with Crippen molar-refractivity contribution in [2.75, 3.05) is 11.9 Å². The maximum absolute atomic E-state index is 13.3. The van der Waals surface area contributed by atoms with E-state index in [1.54, 1.807) is 24.2 Å². The van der Waals surface area contributed by atoms with Crippen molar-refractivity contribution >= 4 is 23.4 Å². The fraction of sp³-hybridized carbons (Fsp3) is 0.276. The van der Waals surface area contributed by atoms with Crippen molar-refractivity contribution in [3.8, 4) is 22.5 Å². The second-order valence-corrected chi connectivity index (χ2v) is 10.0. The van der Waals surface area contributed by atoms with E-state index in [4.69, 9.17) is 4.74 Å². The first-order valence-corrected chi connectivity index (χ1v) is 13.0. The minimum absolute atomic E-state index is 0.194. The molecule has 2 aromatic carbocycles. The minimum atomic E-state index is -2.74. The van der Waals surface area contributed by atoms with Crippen LogP contribution in [-0.4, -0.2) is 49.5 Å². The van der Waals surface area contributed by atoms with Gasteiger partial charge in [0.25, 0.3) is 0 Å². The Labute approximate surface area is 228 Å². The average Bonchev–Trinajstić information content (AvgIpc) is 3.62. The highest BCUT2D eigenvalue weighted by Crippen LogP contribution is 2.44.